The fourth-order valence-corrected chi connectivity index (χ4v) is 5.48. The minimum atomic E-state index is -0.448. The van der Waals surface area contributed by atoms with Crippen molar-refractivity contribution in [1.29, 1.82) is 0 Å². The molecule has 0 aromatic carbocycles. The van der Waals surface area contributed by atoms with Crippen molar-refractivity contribution in [3.8, 4) is 0 Å². The van der Waals surface area contributed by atoms with Crippen molar-refractivity contribution in [2.24, 2.45) is 5.92 Å². The molecule has 4 atom stereocenters. The van der Waals surface area contributed by atoms with Gasteiger partial charge in [0.05, 0.1) is 0 Å². The molecule has 0 spiro atoms. The van der Waals surface area contributed by atoms with Crippen LogP contribution >= 0.6 is 0 Å². The Morgan fingerprint density at radius 3 is 2.61 bits per heavy atom. The summed E-state index contributed by atoms with van der Waals surface area (Å²) in [5.41, 5.74) is 1.13. The number of nitrogens with zero attached hydrogens (tertiary/aromatic N) is 3. The lowest BCUT2D eigenvalue weighted by Crippen LogP contribution is -2.51. The maximum absolute atomic E-state index is 13.4. The van der Waals surface area contributed by atoms with Gasteiger partial charge >= 0.3 is 0 Å². The topological polar surface area (TPSA) is 65.5 Å². The number of likely N-dealkylation sites (tertiary alicyclic amines) is 1. The molecule has 184 valence electrons. The second-order valence-corrected chi connectivity index (χ2v) is 11.3. The molecule has 0 bridgehead atoms. The lowest BCUT2D eigenvalue weighted by atomic mass is 9.77. The number of hydrogen-bond acceptors (Lipinski definition) is 4. The third kappa shape index (κ3) is 5.95. The standard InChI is InChI=1S/C27H44N4O2/c1-8-10-19-17-20(30(7)18(2)3)13-14-23(19)31-16-15-22(26(31)33)29-25(32)21-11-9-12-24(28-21)27(4,5)6/h9,11-12,18-20,22-23H,8,10,13-17H2,1-7H3,(H,29,32)/t19-,20-,22+,23+/m1/s1. The van der Waals surface area contributed by atoms with Crippen LogP contribution in [0.5, 0.6) is 0 Å². The number of pyridine rings is 1. The summed E-state index contributed by atoms with van der Waals surface area (Å²) in [5, 5.41) is 2.98. The highest BCUT2D eigenvalue weighted by Crippen LogP contribution is 2.36. The molecule has 1 aliphatic carbocycles. The van der Waals surface area contributed by atoms with Crippen LogP contribution in [0.4, 0.5) is 0 Å². The molecule has 1 N–H and O–H groups in total. The number of aromatic nitrogens is 1. The van der Waals surface area contributed by atoms with Gasteiger partial charge in [0, 0.05) is 35.8 Å². The third-order valence-electron chi connectivity index (χ3n) is 7.66. The second-order valence-electron chi connectivity index (χ2n) is 11.3. The average molecular weight is 457 g/mol. The van der Waals surface area contributed by atoms with Gasteiger partial charge in [-0.15, -0.1) is 0 Å². The minimum Gasteiger partial charge on any atom is -0.339 e. The van der Waals surface area contributed by atoms with E-state index in [4.69, 9.17) is 0 Å². The van der Waals surface area contributed by atoms with Gasteiger partial charge in [0.25, 0.3) is 5.91 Å². The molecule has 2 heterocycles. The Balaban J connectivity index is 1.66. The van der Waals surface area contributed by atoms with Crippen LogP contribution in [0.25, 0.3) is 0 Å². The zero-order valence-electron chi connectivity index (χ0n) is 21.7. The quantitative estimate of drug-likeness (QED) is 0.661. The lowest BCUT2D eigenvalue weighted by molar-refractivity contribution is -0.133. The van der Waals surface area contributed by atoms with Gasteiger partial charge in [-0.05, 0) is 71.0 Å². The summed E-state index contributed by atoms with van der Waals surface area (Å²) in [7, 11) is 2.23. The summed E-state index contributed by atoms with van der Waals surface area (Å²) >= 11 is 0. The van der Waals surface area contributed by atoms with E-state index in [0.29, 0.717) is 36.2 Å². The van der Waals surface area contributed by atoms with E-state index in [0.717, 1.165) is 44.3 Å². The molecule has 6 nitrogen and oxygen atoms in total. The van der Waals surface area contributed by atoms with Crippen molar-refractivity contribution in [3.05, 3.63) is 29.6 Å². The summed E-state index contributed by atoms with van der Waals surface area (Å²) < 4.78 is 0. The number of rotatable bonds is 7. The van der Waals surface area contributed by atoms with Crippen LogP contribution in [-0.2, 0) is 10.2 Å². The van der Waals surface area contributed by atoms with Crippen molar-refractivity contribution < 1.29 is 9.59 Å². The molecule has 1 aliphatic heterocycles. The molecular formula is C27H44N4O2. The maximum atomic E-state index is 13.4. The molecule has 2 fully saturated rings. The lowest BCUT2D eigenvalue weighted by Gasteiger charge is -2.44. The number of nitrogens with one attached hydrogen (secondary N) is 1. The highest BCUT2D eigenvalue weighted by molar-refractivity contribution is 5.96. The summed E-state index contributed by atoms with van der Waals surface area (Å²) in [4.78, 5) is 35.4. The Hall–Kier alpha value is -1.95. The molecule has 1 saturated heterocycles. The van der Waals surface area contributed by atoms with Gasteiger partial charge in [-0.2, -0.15) is 0 Å². The van der Waals surface area contributed by atoms with Crippen LogP contribution in [0.15, 0.2) is 18.2 Å². The summed E-state index contributed by atoms with van der Waals surface area (Å²) in [6.45, 7) is 13.7. The van der Waals surface area contributed by atoms with Crippen LogP contribution in [0.1, 0.15) is 96.2 Å². The first kappa shape index (κ1) is 25.7. The van der Waals surface area contributed by atoms with Crippen LogP contribution in [-0.4, -0.2) is 64.4 Å². The molecule has 0 unspecified atom stereocenters. The maximum Gasteiger partial charge on any atom is 0.270 e. The van der Waals surface area contributed by atoms with E-state index in [1.807, 2.05) is 12.1 Å². The monoisotopic (exact) mass is 456 g/mol. The van der Waals surface area contributed by atoms with E-state index < -0.39 is 6.04 Å². The second kappa shape index (κ2) is 10.5. The first-order valence-corrected chi connectivity index (χ1v) is 12.8. The zero-order valence-corrected chi connectivity index (χ0v) is 21.7. The Morgan fingerprint density at radius 2 is 1.97 bits per heavy atom. The van der Waals surface area contributed by atoms with Crippen molar-refractivity contribution in [2.75, 3.05) is 13.6 Å². The SMILES string of the molecule is CCC[C@@H]1C[C@H](N(C)C(C)C)CC[C@@H]1N1CC[C@H](NC(=O)c2cccc(C(C)(C)C)n2)C1=O. The Morgan fingerprint density at radius 1 is 1.24 bits per heavy atom. The summed E-state index contributed by atoms with van der Waals surface area (Å²) in [6, 6.07) is 6.51. The van der Waals surface area contributed by atoms with Crippen molar-refractivity contribution in [3.63, 3.8) is 0 Å². The Labute approximate surface area is 200 Å². The predicted molar refractivity (Wildman–Crippen MR) is 133 cm³/mol. The largest absolute Gasteiger partial charge is 0.339 e. The molecular weight excluding hydrogens is 412 g/mol. The van der Waals surface area contributed by atoms with Crippen LogP contribution in [0.2, 0.25) is 0 Å². The fourth-order valence-electron chi connectivity index (χ4n) is 5.48. The van der Waals surface area contributed by atoms with Gasteiger partial charge < -0.3 is 15.1 Å². The van der Waals surface area contributed by atoms with E-state index in [2.05, 4.69) is 68.7 Å². The van der Waals surface area contributed by atoms with E-state index >= 15 is 0 Å². The average Bonchev–Trinajstić information content (AvgIpc) is 3.12. The van der Waals surface area contributed by atoms with Crippen molar-refractivity contribution in [1.82, 2.24) is 20.1 Å². The molecule has 1 saturated carbocycles. The van der Waals surface area contributed by atoms with Crippen LogP contribution in [0.3, 0.4) is 0 Å². The normalized spacial score (nSPS) is 26.3. The first-order valence-electron chi connectivity index (χ1n) is 12.8. The predicted octanol–water partition coefficient (Wildman–Crippen LogP) is 4.39. The molecule has 2 amide bonds. The highest BCUT2D eigenvalue weighted by atomic mass is 16.2. The number of amides is 2. The third-order valence-corrected chi connectivity index (χ3v) is 7.66. The van der Waals surface area contributed by atoms with Crippen LogP contribution in [0, 0.1) is 5.92 Å². The molecule has 33 heavy (non-hydrogen) atoms. The van der Waals surface area contributed by atoms with E-state index in [1.165, 1.54) is 0 Å². The van der Waals surface area contributed by atoms with Gasteiger partial charge in [-0.1, -0.05) is 40.2 Å². The number of carbonyl (C=O) groups is 2. The number of hydrogen-bond donors (Lipinski definition) is 1. The van der Waals surface area contributed by atoms with E-state index in [1.54, 1.807) is 6.07 Å². The zero-order chi connectivity index (χ0) is 24.3. The number of carbonyl (C=O) groups excluding carboxylic acids is 2. The van der Waals surface area contributed by atoms with Gasteiger partial charge in [0.1, 0.15) is 11.7 Å². The molecule has 2 aliphatic rings. The van der Waals surface area contributed by atoms with Gasteiger partial charge in [0.2, 0.25) is 5.91 Å². The molecule has 0 radical (unpaired) electrons. The molecule has 6 heteroatoms. The summed E-state index contributed by atoms with van der Waals surface area (Å²) in [5.74, 6) is 0.351. The Bertz CT molecular complexity index is 832. The van der Waals surface area contributed by atoms with Gasteiger partial charge in [-0.25, -0.2) is 4.98 Å². The fraction of sp³-hybridized carbons (Fsp3) is 0.741. The van der Waals surface area contributed by atoms with Gasteiger partial charge in [-0.3, -0.25) is 9.59 Å². The first-order chi connectivity index (χ1) is 15.5. The van der Waals surface area contributed by atoms with E-state index in [-0.39, 0.29) is 17.2 Å². The minimum absolute atomic E-state index is 0.0806. The van der Waals surface area contributed by atoms with E-state index in [9.17, 15) is 9.59 Å². The smallest absolute Gasteiger partial charge is 0.270 e. The highest BCUT2D eigenvalue weighted by Gasteiger charge is 2.42. The summed E-state index contributed by atoms with van der Waals surface area (Å²) in [6.07, 6.45) is 6.29. The molecule has 1 aromatic heterocycles. The Kier molecular flexibility index (Phi) is 8.20. The molecule has 3 rings (SSSR count). The van der Waals surface area contributed by atoms with Crippen LogP contribution < -0.4 is 5.32 Å². The van der Waals surface area contributed by atoms with Gasteiger partial charge in [0.15, 0.2) is 0 Å². The van der Waals surface area contributed by atoms with Crippen molar-refractivity contribution >= 4 is 11.8 Å². The van der Waals surface area contributed by atoms with Crippen molar-refractivity contribution in [2.45, 2.75) is 110 Å². The molecule has 1 aromatic rings.